The fourth-order valence-electron chi connectivity index (χ4n) is 3.31. The van der Waals surface area contributed by atoms with Crippen LogP contribution in [0, 0.1) is 25.7 Å². The van der Waals surface area contributed by atoms with Crippen molar-refractivity contribution in [2.45, 2.75) is 33.9 Å². The number of carbonyl (C=O) groups excluding carboxylic acids is 1. The van der Waals surface area contributed by atoms with Crippen LogP contribution in [0.15, 0.2) is 72.9 Å². The molecule has 0 aliphatic carbocycles. The van der Waals surface area contributed by atoms with Crippen molar-refractivity contribution in [1.82, 2.24) is 15.2 Å². The summed E-state index contributed by atoms with van der Waals surface area (Å²) in [5.74, 6) is 3.73. The molecule has 1 heterocycles. The third kappa shape index (κ3) is 13.5. The van der Waals surface area contributed by atoms with Crippen LogP contribution in [0.1, 0.15) is 42.3 Å². The van der Waals surface area contributed by atoms with Crippen molar-refractivity contribution in [3.63, 3.8) is 0 Å². The Morgan fingerprint density at radius 3 is 2.40 bits per heavy atom. The minimum atomic E-state index is -4.52. The van der Waals surface area contributed by atoms with Crippen molar-refractivity contribution in [1.29, 1.82) is 0 Å². The second-order valence-electron chi connectivity index (χ2n) is 8.83. The summed E-state index contributed by atoms with van der Waals surface area (Å²) in [6.07, 6.45) is 11.5. The molecule has 1 unspecified atom stereocenters. The molecule has 2 aromatic rings. The topological polar surface area (TPSA) is 110 Å². The van der Waals surface area contributed by atoms with Gasteiger partial charge in [0.2, 0.25) is 0 Å². The second kappa shape index (κ2) is 19.9. The molecule has 0 radical (unpaired) electrons. The number of nitrogens with two attached hydrogens (primary N) is 2. The molecule has 2 rings (SSSR count). The molecule has 8 nitrogen and oxygen atoms in total. The predicted octanol–water partition coefficient (Wildman–Crippen LogP) is 5.25. The normalized spacial score (nSPS) is 12.6. The number of terminal acetylenes is 1. The highest BCUT2D eigenvalue weighted by Gasteiger charge is 2.36. The van der Waals surface area contributed by atoms with Crippen LogP contribution in [0.2, 0.25) is 0 Å². The molecule has 5 N–H and O–H groups in total. The van der Waals surface area contributed by atoms with Crippen molar-refractivity contribution in [2.75, 3.05) is 38.9 Å². The number of carbonyl (C=O) groups is 1. The lowest BCUT2D eigenvalue weighted by atomic mass is 10.1. The molecule has 1 aromatic heterocycles. The summed E-state index contributed by atoms with van der Waals surface area (Å²) in [4.78, 5) is 19.0. The van der Waals surface area contributed by atoms with Crippen molar-refractivity contribution >= 4 is 17.3 Å². The van der Waals surface area contributed by atoms with Gasteiger partial charge in [-0.3, -0.25) is 14.8 Å². The number of hydrazine groups is 1. The summed E-state index contributed by atoms with van der Waals surface area (Å²) in [5.41, 5.74) is 8.59. The molecule has 0 spiro atoms. The molecule has 1 aromatic carbocycles. The Bertz CT molecular complexity index is 1190. The SMILES string of the molecule is C#C.CC.CC=CC(/C=C(\COCCN(C)C)NC(=O)c1ccc(C)c(N(N)/C=C(\N)c2cccnc2)c1)C(F)(F)F. The molecular formula is C31H43F3N6O2. The Labute approximate surface area is 247 Å². The highest BCUT2D eigenvalue weighted by molar-refractivity contribution is 5.96. The van der Waals surface area contributed by atoms with Gasteiger partial charge in [0, 0.05) is 42.0 Å². The van der Waals surface area contributed by atoms with E-state index < -0.39 is 18.0 Å². The Hall–Kier alpha value is -4.11. The molecule has 0 saturated heterocycles. The molecule has 0 aliphatic rings. The number of allylic oxidation sites excluding steroid dienone is 3. The van der Waals surface area contributed by atoms with Gasteiger partial charge in [0.05, 0.1) is 30.5 Å². The van der Waals surface area contributed by atoms with Gasteiger partial charge in [-0.05, 0) is 63.8 Å². The summed E-state index contributed by atoms with van der Waals surface area (Å²) >= 11 is 0. The summed E-state index contributed by atoms with van der Waals surface area (Å²) in [6, 6.07) is 8.30. The van der Waals surface area contributed by atoms with Gasteiger partial charge >= 0.3 is 6.18 Å². The van der Waals surface area contributed by atoms with E-state index in [2.05, 4.69) is 23.1 Å². The van der Waals surface area contributed by atoms with E-state index >= 15 is 0 Å². The minimum Gasteiger partial charge on any atom is -0.397 e. The van der Waals surface area contributed by atoms with E-state index in [-0.39, 0.29) is 24.5 Å². The molecule has 0 aliphatic heterocycles. The monoisotopic (exact) mass is 588 g/mol. The van der Waals surface area contributed by atoms with Gasteiger partial charge in [0.1, 0.15) is 0 Å². The molecule has 42 heavy (non-hydrogen) atoms. The van der Waals surface area contributed by atoms with Crippen LogP contribution >= 0.6 is 0 Å². The molecule has 0 bridgehead atoms. The van der Waals surface area contributed by atoms with E-state index in [9.17, 15) is 18.0 Å². The second-order valence-corrected chi connectivity index (χ2v) is 8.83. The van der Waals surface area contributed by atoms with Crippen molar-refractivity contribution in [2.24, 2.45) is 17.5 Å². The molecule has 230 valence electrons. The minimum absolute atomic E-state index is 0.00151. The van der Waals surface area contributed by atoms with Crippen molar-refractivity contribution in [3.8, 4) is 12.8 Å². The van der Waals surface area contributed by atoms with Gasteiger partial charge in [0.25, 0.3) is 5.91 Å². The lowest BCUT2D eigenvalue weighted by Crippen LogP contribution is -2.30. The van der Waals surface area contributed by atoms with E-state index in [1.54, 1.807) is 43.6 Å². The number of hydrogen-bond acceptors (Lipinski definition) is 7. The molecule has 0 saturated carbocycles. The number of ether oxygens (including phenoxy) is 1. The summed E-state index contributed by atoms with van der Waals surface area (Å²) < 4.78 is 46.2. The number of hydrogen-bond donors (Lipinski definition) is 3. The van der Waals surface area contributed by atoms with Crippen molar-refractivity contribution < 1.29 is 22.7 Å². The lowest BCUT2D eigenvalue weighted by Gasteiger charge is -2.20. The number of pyridine rings is 1. The van der Waals surface area contributed by atoms with E-state index in [0.717, 1.165) is 17.7 Å². The van der Waals surface area contributed by atoms with E-state index in [4.69, 9.17) is 16.3 Å². The molecule has 1 atom stereocenters. The van der Waals surface area contributed by atoms with Crippen LogP contribution in [-0.4, -0.2) is 55.8 Å². The molecular weight excluding hydrogens is 545 g/mol. The standard InChI is InChI=1S/C27H35F3N6O2.C2H6.C2H2/c1-5-7-22(27(28,29)30)15-23(18-38-13-12-35(3)4)34-26(37)20-10-9-19(2)25(14-20)36(32)17-24(31)21-8-6-11-33-16-21;2*1-2/h5-11,14-17,22H,12-13,18,31-32H2,1-4H3,(H,34,37);1-2H3;1-2H/b7-5?,23-15+,24-17-;;. The summed E-state index contributed by atoms with van der Waals surface area (Å²) in [5, 5.41) is 3.86. The van der Waals surface area contributed by atoms with Gasteiger partial charge in [-0.1, -0.05) is 32.1 Å². The average Bonchev–Trinajstić information content (AvgIpc) is 2.97. The van der Waals surface area contributed by atoms with Gasteiger partial charge in [0.15, 0.2) is 0 Å². The zero-order chi connectivity index (χ0) is 32.3. The quantitative estimate of drug-likeness (QED) is 0.102. The highest BCUT2D eigenvalue weighted by Crippen LogP contribution is 2.29. The number of aromatic nitrogens is 1. The molecule has 11 heteroatoms. The van der Waals surface area contributed by atoms with E-state index in [0.29, 0.717) is 23.5 Å². The Kier molecular flexibility index (Phi) is 17.9. The number of likely N-dealkylation sites (N-methyl/N-ethyl adjacent to an activating group) is 1. The van der Waals surface area contributed by atoms with Crippen LogP contribution in [0.3, 0.4) is 0 Å². The zero-order valence-electron chi connectivity index (χ0n) is 25.2. The first-order chi connectivity index (χ1) is 19.9. The number of amides is 1. The maximum Gasteiger partial charge on any atom is 0.398 e. The highest BCUT2D eigenvalue weighted by atomic mass is 19.4. The number of anilines is 1. The van der Waals surface area contributed by atoms with Gasteiger partial charge in [-0.15, -0.1) is 12.8 Å². The number of aryl methyl sites for hydroxylation is 1. The van der Waals surface area contributed by atoms with Crippen LogP contribution in [0.25, 0.3) is 5.70 Å². The predicted molar refractivity (Wildman–Crippen MR) is 165 cm³/mol. The van der Waals surface area contributed by atoms with Crippen LogP contribution in [0.4, 0.5) is 18.9 Å². The first-order valence-electron chi connectivity index (χ1n) is 13.2. The maximum atomic E-state index is 13.5. The Morgan fingerprint density at radius 1 is 1.19 bits per heavy atom. The number of rotatable bonds is 12. The third-order valence-electron chi connectivity index (χ3n) is 5.40. The van der Waals surface area contributed by atoms with Crippen molar-refractivity contribution in [3.05, 3.63) is 89.5 Å². The smallest absolute Gasteiger partial charge is 0.397 e. The lowest BCUT2D eigenvalue weighted by molar-refractivity contribution is -0.149. The van der Waals surface area contributed by atoms with Gasteiger partial charge < -0.3 is 20.7 Å². The zero-order valence-corrected chi connectivity index (χ0v) is 25.2. The first-order valence-corrected chi connectivity index (χ1v) is 13.2. The Balaban J connectivity index is 0.00000402. The Morgan fingerprint density at radius 2 is 1.86 bits per heavy atom. The van der Waals surface area contributed by atoms with E-state index in [1.807, 2.05) is 32.8 Å². The number of nitrogens with zero attached hydrogens (tertiary/aromatic N) is 3. The van der Waals surface area contributed by atoms with Crippen LogP contribution in [0.5, 0.6) is 0 Å². The van der Waals surface area contributed by atoms with Crippen LogP contribution < -0.4 is 21.9 Å². The number of alkyl halides is 3. The largest absolute Gasteiger partial charge is 0.398 e. The first kappa shape index (κ1) is 37.9. The summed E-state index contributed by atoms with van der Waals surface area (Å²) in [7, 11) is 3.70. The summed E-state index contributed by atoms with van der Waals surface area (Å²) in [6.45, 7) is 7.96. The number of halogens is 3. The number of benzene rings is 1. The number of nitrogens with one attached hydrogen (secondary N) is 1. The average molecular weight is 589 g/mol. The maximum absolute atomic E-state index is 13.5. The molecule has 1 amide bonds. The third-order valence-corrected chi connectivity index (χ3v) is 5.40. The van der Waals surface area contributed by atoms with Crippen LogP contribution in [-0.2, 0) is 4.74 Å². The van der Waals surface area contributed by atoms with E-state index in [1.165, 1.54) is 30.3 Å². The van der Waals surface area contributed by atoms with Gasteiger partial charge in [-0.25, -0.2) is 5.84 Å². The fourth-order valence-corrected chi connectivity index (χ4v) is 3.31. The van der Waals surface area contributed by atoms with Gasteiger partial charge in [-0.2, -0.15) is 13.2 Å². The molecule has 0 fully saturated rings. The fraction of sp³-hybridized carbons (Fsp3) is 0.355.